The number of pyridine rings is 1. The molecule has 4 aromatic rings. The number of nitrogens with zero attached hydrogens (tertiary/aromatic N) is 6. The van der Waals surface area contributed by atoms with E-state index in [1.165, 1.54) is 5.56 Å². The van der Waals surface area contributed by atoms with Crippen LogP contribution in [-0.2, 0) is 6.54 Å². The molecule has 1 aliphatic rings. The van der Waals surface area contributed by atoms with E-state index in [0.717, 1.165) is 72.3 Å². The first-order valence-corrected chi connectivity index (χ1v) is 10.3. The van der Waals surface area contributed by atoms with Gasteiger partial charge in [0.1, 0.15) is 11.6 Å². The minimum absolute atomic E-state index is 0.740. The van der Waals surface area contributed by atoms with Crippen LogP contribution in [-0.4, -0.2) is 51.2 Å². The Morgan fingerprint density at radius 1 is 0.933 bits per heavy atom. The zero-order valence-electron chi connectivity index (χ0n) is 17.2. The summed E-state index contributed by atoms with van der Waals surface area (Å²) in [5.41, 5.74) is 4.14. The molecule has 1 aliphatic heterocycles. The van der Waals surface area contributed by atoms with Gasteiger partial charge in [0.05, 0.1) is 11.2 Å². The molecule has 7 heteroatoms. The van der Waals surface area contributed by atoms with E-state index < -0.39 is 0 Å². The molecule has 0 aliphatic carbocycles. The summed E-state index contributed by atoms with van der Waals surface area (Å²) in [6, 6.07) is 12.1. The fourth-order valence-electron chi connectivity index (χ4n) is 4.00. The van der Waals surface area contributed by atoms with Gasteiger partial charge in [-0.2, -0.15) is 0 Å². The second-order valence-corrected chi connectivity index (χ2v) is 7.69. The average Bonchev–Trinajstić information content (AvgIpc) is 3.11. The van der Waals surface area contributed by atoms with E-state index >= 15 is 0 Å². The zero-order valence-corrected chi connectivity index (χ0v) is 17.2. The van der Waals surface area contributed by atoms with E-state index in [-0.39, 0.29) is 0 Å². The SMILES string of the molecule is Cc1noc(C)c1CN1CCN(c2nc(-c3ccncc3)nc3ccccc23)CC1. The number of hydrogen-bond acceptors (Lipinski definition) is 7. The van der Waals surface area contributed by atoms with Gasteiger partial charge >= 0.3 is 0 Å². The van der Waals surface area contributed by atoms with Crippen molar-refractivity contribution in [3.05, 3.63) is 65.8 Å². The first-order valence-electron chi connectivity index (χ1n) is 10.3. The number of aromatic nitrogens is 4. The van der Waals surface area contributed by atoms with Crippen molar-refractivity contribution in [3.63, 3.8) is 0 Å². The quantitative estimate of drug-likeness (QED) is 0.518. The smallest absolute Gasteiger partial charge is 0.162 e. The van der Waals surface area contributed by atoms with Crippen LogP contribution in [0, 0.1) is 13.8 Å². The summed E-state index contributed by atoms with van der Waals surface area (Å²) < 4.78 is 5.32. The molecule has 1 saturated heterocycles. The summed E-state index contributed by atoms with van der Waals surface area (Å²) in [4.78, 5) is 18.7. The third-order valence-corrected chi connectivity index (χ3v) is 5.76. The molecule has 0 radical (unpaired) electrons. The molecule has 0 amide bonds. The fourth-order valence-corrected chi connectivity index (χ4v) is 4.00. The number of rotatable bonds is 4. The van der Waals surface area contributed by atoms with Crippen LogP contribution in [0.5, 0.6) is 0 Å². The number of anilines is 1. The molecule has 30 heavy (non-hydrogen) atoms. The minimum Gasteiger partial charge on any atom is -0.361 e. The zero-order chi connectivity index (χ0) is 20.5. The molecular weight excluding hydrogens is 376 g/mol. The number of piperazine rings is 1. The van der Waals surface area contributed by atoms with Gasteiger partial charge in [0, 0.05) is 61.6 Å². The largest absolute Gasteiger partial charge is 0.361 e. The van der Waals surface area contributed by atoms with Crippen molar-refractivity contribution in [2.45, 2.75) is 20.4 Å². The maximum Gasteiger partial charge on any atom is 0.162 e. The van der Waals surface area contributed by atoms with Crippen LogP contribution >= 0.6 is 0 Å². The lowest BCUT2D eigenvalue weighted by molar-refractivity contribution is 0.247. The van der Waals surface area contributed by atoms with E-state index in [0.29, 0.717) is 0 Å². The number of para-hydroxylation sites is 1. The molecule has 3 aromatic heterocycles. The number of benzene rings is 1. The highest BCUT2D eigenvalue weighted by molar-refractivity contribution is 5.91. The molecule has 0 N–H and O–H groups in total. The van der Waals surface area contributed by atoms with Crippen LogP contribution < -0.4 is 4.90 Å². The van der Waals surface area contributed by atoms with Gasteiger partial charge in [-0.05, 0) is 38.1 Å². The minimum atomic E-state index is 0.740. The Balaban J connectivity index is 1.41. The van der Waals surface area contributed by atoms with Gasteiger partial charge < -0.3 is 9.42 Å². The first-order chi connectivity index (χ1) is 14.7. The lowest BCUT2D eigenvalue weighted by atomic mass is 10.1. The van der Waals surface area contributed by atoms with Crippen molar-refractivity contribution in [1.29, 1.82) is 0 Å². The topological polar surface area (TPSA) is 71.2 Å². The van der Waals surface area contributed by atoms with Crippen LogP contribution in [0.1, 0.15) is 17.0 Å². The van der Waals surface area contributed by atoms with Crippen molar-refractivity contribution in [2.75, 3.05) is 31.1 Å². The van der Waals surface area contributed by atoms with Crippen molar-refractivity contribution in [1.82, 2.24) is 25.0 Å². The average molecular weight is 400 g/mol. The second kappa shape index (κ2) is 7.84. The van der Waals surface area contributed by atoms with Crippen molar-refractivity contribution >= 4 is 16.7 Å². The Labute approximate surface area is 175 Å². The third-order valence-electron chi connectivity index (χ3n) is 5.76. The van der Waals surface area contributed by atoms with Crippen LogP contribution in [0.15, 0.2) is 53.3 Å². The summed E-state index contributed by atoms with van der Waals surface area (Å²) in [6.07, 6.45) is 3.56. The van der Waals surface area contributed by atoms with Gasteiger partial charge in [0.25, 0.3) is 0 Å². The van der Waals surface area contributed by atoms with Gasteiger partial charge in [0.2, 0.25) is 0 Å². The first kappa shape index (κ1) is 18.7. The molecule has 4 heterocycles. The number of hydrogen-bond donors (Lipinski definition) is 0. The van der Waals surface area contributed by atoms with E-state index in [4.69, 9.17) is 14.5 Å². The van der Waals surface area contributed by atoms with Crippen molar-refractivity contribution in [2.24, 2.45) is 0 Å². The van der Waals surface area contributed by atoms with Gasteiger partial charge in [-0.3, -0.25) is 9.88 Å². The Morgan fingerprint density at radius 2 is 1.70 bits per heavy atom. The summed E-state index contributed by atoms with van der Waals surface area (Å²) >= 11 is 0. The van der Waals surface area contributed by atoms with Crippen LogP contribution in [0.25, 0.3) is 22.3 Å². The Morgan fingerprint density at radius 3 is 2.43 bits per heavy atom. The molecule has 1 fully saturated rings. The summed E-state index contributed by atoms with van der Waals surface area (Å²) in [5.74, 6) is 2.66. The highest BCUT2D eigenvalue weighted by Gasteiger charge is 2.23. The van der Waals surface area contributed by atoms with Crippen molar-refractivity contribution in [3.8, 4) is 11.4 Å². The molecule has 0 bridgehead atoms. The third kappa shape index (κ3) is 3.52. The Kier molecular flexibility index (Phi) is 4.88. The monoisotopic (exact) mass is 400 g/mol. The lowest BCUT2D eigenvalue weighted by Crippen LogP contribution is -2.46. The highest BCUT2D eigenvalue weighted by Crippen LogP contribution is 2.28. The molecule has 0 spiro atoms. The Hall–Kier alpha value is -3.32. The summed E-state index contributed by atoms with van der Waals surface area (Å²) in [6.45, 7) is 8.64. The Bertz CT molecular complexity index is 1150. The lowest BCUT2D eigenvalue weighted by Gasteiger charge is -2.35. The van der Waals surface area contributed by atoms with Crippen LogP contribution in [0.2, 0.25) is 0 Å². The highest BCUT2D eigenvalue weighted by atomic mass is 16.5. The summed E-state index contributed by atoms with van der Waals surface area (Å²) in [7, 11) is 0. The van der Waals surface area contributed by atoms with Crippen LogP contribution in [0.3, 0.4) is 0 Å². The normalized spacial score (nSPS) is 15.1. The van der Waals surface area contributed by atoms with E-state index in [1.807, 2.05) is 32.0 Å². The predicted octanol–water partition coefficient (Wildman–Crippen LogP) is 3.62. The fraction of sp³-hybridized carbons (Fsp3) is 0.304. The van der Waals surface area contributed by atoms with E-state index in [2.05, 4.69) is 38.1 Å². The number of fused-ring (bicyclic) bond motifs is 1. The molecule has 5 rings (SSSR count). The number of aryl methyl sites for hydroxylation is 2. The van der Waals surface area contributed by atoms with Gasteiger partial charge in [-0.25, -0.2) is 9.97 Å². The summed E-state index contributed by atoms with van der Waals surface area (Å²) in [5, 5.41) is 5.18. The standard InChI is InChI=1S/C23H24N6O/c1-16-20(17(2)30-27-16)15-28-11-13-29(14-12-28)23-19-5-3-4-6-21(19)25-22(26-23)18-7-9-24-10-8-18/h3-10H,11-15H2,1-2H3. The molecule has 0 atom stereocenters. The van der Waals surface area contributed by atoms with Crippen molar-refractivity contribution < 1.29 is 4.52 Å². The molecular formula is C23H24N6O. The van der Waals surface area contributed by atoms with E-state index in [9.17, 15) is 0 Å². The van der Waals surface area contributed by atoms with Crippen LogP contribution in [0.4, 0.5) is 5.82 Å². The second-order valence-electron chi connectivity index (χ2n) is 7.69. The molecule has 0 saturated carbocycles. The van der Waals surface area contributed by atoms with Gasteiger partial charge in [0.15, 0.2) is 5.82 Å². The predicted molar refractivity (Wildman–Crippen MR) is 116 cm³/mol. The molecule has 1 aromatic carbocycles. The van der Waals surface area contributed by atoms with E-state index in [1.54, 1.807) is 12.4 Å². The van der Waals surface area contributed by atoms with Gasteiger partial charge in [-0.1, -0.05) is 17.3 Å². The maximum absolute atomic E-state index is 5.32. The maximum atomic E-state index is 5.32. The molecule has 152 valence electrons. The molecule has 0 unspecified atom stereocenters. The molecule has 7 nitrogen and oxygen atoms in total. The van der Waals surface area contributed by atoms with Gasteiger partial charge in [-0.15, -0.1) is 0 Å².